The highest BCUT2D eigenvalue weighted by molar-refractivity contribution is 8.14. The van der Waals surface area contributed by atoms with Crippen LogP contribution in [0.3, 0.4) is 0 Å². The van der Waals surface area contributed by atoms with Gasteiger partial charge in [-0.25, -0.2) is 26.3 Å². The molecule has 2 aromatic rings. The summed E-state index contributed by atoms with van der Waals surface area (Å²) in [6.07, 6.45) is 2.78. The molecule has 0 spiro atoms. The minimum Gasteiger partial charge on any atom is -0.377 e. The van der Waals surface area contributed by atoms with Crippen LogP contribution in [0.4, 0.5) is 18.9 Å². The predicted octanol–water partition coefficient (Wildman–Crippen LogP) is 2.26. The van der Waals surface area contributed by atoms with Crippen LogP contribution in [0.1, 0.15) is 31.2 Å². The fourth-order valence-electron chi connectivity index (χ4n) is 5.65. The molecule has 4 aliphatic rings. The van der Waals surface area contributed by atoms with Crippen LogP contribution in [0.15, 0.2) is 28.3 Å². The minimum atomic E-state index is -4.20. The highest BCUT2D eigenvalue weighted by atomic mass is 32.2. The Labute approximate surface area is 233 Å². The average Bonchev–Trinajstić information content (AvgIpc) is 3.70. The van der Waals surface area contributed by atoms with Crippen molar-refractivity contribution in [1.29, 1.82) is 0 Å². The summed E-state index contributed by atoms with van der Waals surface area (Å²) in [5, 5.41) is 8.30. The molecule has 40 heavy (non-hydrogen) atoms. The van der Waals surface area contributed by atoms with Crippen LogP contribution in [0.2, 0.25) is 0 Å². The quantitative estimate of drug-likeness (QED) is 0.473. The maximum Gasteiger partial charge on any atom is 0.288 e. The Bertz CT molecular complexity index is 1410. The normalized spacial score (nSPS) is 23.5. The van der Waals surface area contributed by atoms with Gasteiger partial charge < -0.3 is 14.5 Å². The Morgan fingerprint density at radius 2 is 1.93 bits per heavy atom. The maximum atomic E-state index is 13.8. The van der Waals surface area contributed by atoms with E-state index in [2.05, 4.69) is 20.3 Å². The molecular weight excluding hydrogens is 571 g/mol. The lowest BCUT2D eigenvalue weighted by molar-refractivity contribution is -0.135. The average molecular weight is 602 g/mol. The van der Waals surface area contributed by atoms with Gasteiger partial charge in [-0.05, 0) is 25.0 Å². The monoisotopic (exact) mass is 601 g/mol. The highest BCUT2D eigenvalue weighted by Crippen LogP contribution is 2.37. The molecule has 1 unspecified atom stereocenters. The van der Waals surface area contributed by atoms with Gasteiger partial charge in [0.05, 0.1) is 29.8 Å². The number of aromatic nitrogens is 2. The molecule has 16 heteroatoms. The van der Waals surface area contributed by atoms with Crippen LogP contribution in [-0.2, 0) is 19.6 Å². The number of nitrogens with one attached hydrogen (secondary N) is 2. The zero-order chi connectivity index (χ0) is 28.1. The summed E-state index contributed by atoms with van der Waals surface area (Å²) >= 11 is 0.788. The van der Waals surface area contributed by atoms with Gasteiger partial charge in [0.2, 0.25) is 15.9 Å². The van der Waals surface area contributed by atoms with Crippen molar-refractivity contribution in [1.82, 2.24) is 24.8 Å². The third-order valence-corrected chi connectivity index (χ3v) is 10.5. The first-order valence-corrected chi connectivity index (χ1v) is 15.6. The van der Waals surface area contributed by atoms with Crippen LogP contribution in [0.5, 0.6) is 0 Å². The Balaban J connectivity index is 1.33. The minimum absolute atomic E-state index is 0.0751. The van der Waals surface area contributed by atoms with Crippen molar-refractivity contribution in [3.8, 4) is 0 Å². The molecule has 6 rings (SSSR count). The van der Waals surface area contributed by atoms with Gasteiger partial charge in [-0.2, -0.15) is 14.9 Å². The van der Waals surface area contributed by atoms with Crippen molar-refractivity contribution in [3.63, 3.8) is 0 Å². The summed E-state index contributed by atoms with van der Waals surface area (Å²) in [6.45, 7) is 0.862. The van der Waals surface area contributed by atoms with Crippen molar-refractivity contribution < 1.29 is 31.1 Å². The molecule has 2 saturated heterocycles. The number of fused-ring (bicyclic) bond motifs is 1. The topological polar surface area (TPSA) is 121 Å². The zero-order valence-electron chi connectivity index (χ0n) is 21.6. The first-order valence-electron chi connectivity index (χ1n) is 13.2. The van der Waals surface area contributed by atoms with Gasteiger partial charge in [0, 0.05) is 43.2 Å². The molecule has 1 saturated carbocycles. The SMILES string of the molecule is O=C(C1CCCC1)N1CCN(c2cc(S(=O)(=O)NC3(CF)COC3)cc3c2cnn3C2NN=C(C(F)F)S2)CC1. The largest absolute Gasteiger partial charge is 0.377 e. The number of benzene rings is 1. The van der Waals surface area contributed by atoms with Gasteiger partial charge in [-0.1, -0.05) is 24.6 Å². The number of carbonyl (C=O) groups excluding carboxylic acids is 1. The number of ether oxygens (including phenoxy) is 1. The van der Waals surface area contributed by atoms with Gasteiger partial charge in [0.25, 0.3) is 6.43 Å². The summed E-state index contributed by atoms with van der Waals surface area (Å²) in [6, 6.07) is 2.93. The summed E-state index contributed by atoms with van der Waals surface area (Å²) < 4.78 is 76.1. The molecule has 3 aliphatic heterocycles. The van der Waals surface area contributed by atoms with E-state index in [0.29, 0.717) is 42.8 Å². The fourth-order valence-corrected chi connectivity index (χ4v) is 7.85. The Hall–Kier alpha value is -2.56. The maximum absolute atomic E-state index is 13.8. The zero-order valence-corrected chi connectivity index (χ0v) is 23.2. The molecule has 218 valence electrons. The lowest BCUT2D eigenvalue weighted by Gasteiger charge is -2.39. The third-order valence-electron chi connectivity index (χ3n) is 7.90. The number of amides is 1. The molecule has 11 nitrogen and oxygen atoms in total. The first kappa shape index (κ1) is 27.6. The molecule has 1 atom stereocenters. The number of hydrazone groups is 1. The third kappa shape index (κ3) is 5.03. The van der Waals surface area contributed by atoms with E-state index in [1.165, 1.54) is 16.8 Å². The van der Waals surface area contributed by atoms with E-state index in [4.69, 9.17) is 4.74 Å². The van der Waals surface area contributed by atoms with Crippen molar-refractivity contribution in [2.45, 2.75) is 48.0 Å². The second kappa shape index (κ2) is 10.7. The lowest BCUT2D eigenvalue weighted by Crippen LogP contribution is -2.63. The number of hydrogen-bond donors (Lipinski definition) is 2. The van der Waals surface area contributed by atoms with E-state index in [0.717, 1.165) is 37.4 Å². The van der Waals surface area contributed by atoms with Gasteiger partial charge in [-0.3, -0.25) is 10.2 Å². The Kier molecular flexibility index (Phi) is 7.37. The molecule has 3 fully saturated rings. The van der Waals surface area contributed by atoms with E-state index in [-0.39, 0.29) is 29.9 Å². The Morgan fingerprint density at radius 3 is 2.52 bits per heavy atom. The van der Waals surface area contributed by atoms with E-state index in [9.17, 15) is 26.4 Å². The molecule has 1 aromatic heterocycles. The molecule has 1 amide bonds. The van der Waals surface area contributed by atoms with E-state index in [1.807, 2.05) is 9.80 Å². The van der Waals surface area contributed by atoms with Crippen molar-refractivity contribution in [3.05, 3.63) is 18.3 Å². The number of halogens is 3. The summed E-state index contributed by atoms with van der Waals surface area (Å²) in [4.78, 5) is 16.7. The fraction of sp³-hybridized carbons (Fsp3) is 0.625. The van der Waals surface area contributed by atoms with Crippen LogP contribution in [-0.4, -0.2) is 92.1 Å². The van der Waals surface area contributed by atoms with E-state index < -0.39 is 39.2 Å². The van der Waals surface area contributed by atoms with E-state index >= 15 is 0 Å². The predicted molar refractivity (Wildman–Crippen MR) is 144 cm³/mol. The van der Waals surface area contributed by atoms with Crippen LogP contribution < -0.4 is 15.0 Å². The molecular formula is C24H30F3N7O4S2. The Morgan fingerprint density at radius 1 is 1.20 bits per heavy atom. The number of thioether (sulfide) groups is 1. The number of alkyl halides is 3. The number of carbonyl (C=O) groups is 1. The molecule has 4 heterocycles. The highest BCUT2D eigenvalue weighted by Gasteiger charge is 2.43. The number of rotatable bonds is 8. The summed E-state index contributed by atoms with van der Waals surface area (Å²) in [5.74, 6) is 0.250. The summed E-state index contributed by atoms with van der Waals surface area (Å²) in [5.41, 5.74) is 1.46. The van der Waals surface area contributed by atoms with E-state index in [1.54, 1.807) is 6.20 Å². The van der Waals surface area contributed by atoms with Crippen molar-refractivity contribution >= 4 is 49.3 Å². The number of piperazine rings is 1. The number of nitrogens with zero attached hydrogens (tertiary/aromatic N) is 5. The van der Waals surface area contributed by atoms with Crippen LogP contribution in [0, 0.1) is 5.92 Å². The second-order valence-electron chi connectivity index (χ2n) is 10.6. The number of sulfonamides is 1. The van der Waals surface area contributed by atoms with Gasteiger partial charge >= 0.3 is 0 Å². The smallest absolute Gasteiger partial charge is 0.288 e. The lowest BCUT2D eigenvalue weighted by atomic mass is 10.0. The molecule has 2 N–H and O–H groups in total. The van der Waals surface area contributed by atoms with Crippen molar-refractivity contribution in [2.24, 2.45) is 11.0 Å². The number of hydrogen-bond acceptors (Lipinski definition) is 9. The molecule has 0 radical (unpaired) electrons. The van der Waals surface area contributed by atoms with Gasteiger partial charge in [-0.15, -0.1) is 0 Å². The van der Waals surface area contributed by atoms with Crippen molar-refractivity contribution in [2.75, 3.05) is 51.0 Å². The van der Waals surface area contributed by atoms with Crippen LogP contribution in [0.25, 0.3) is 10.9 Å². The summed E-state index contributed by atoms with van der Waals surface area (Å²) in [7, 11) is -4.20. The molecule has 0 bridgehead atoms. The van der Waals surface area contributed by atoms with Crippen LogP contribution >= 0.6 is 11.8 Å². The number of anilines is 1. The molecule has 1 aliphatic carbocycles. The second-order valence-corrected chi connectivity index (χ2v) is 13.4. The molecule has 1 aromatic carbocycles. The van der Waals surface area contributed by atoms with Gasteiger partial charge in [0.1, 0.15) is 12.2 Å². The van der Waals surface area contributed by atoms with Gasteiger partial charge in [0.15, 0.2) is 10.5 Å². The first-order chi connectivity index (χ1) is 19.2. The standard InChI is InChI=1S/C24H30F3N7O4S2/c25-12-24(13-38-14-24)31-40(36,37)16-9-18(32-5-7-33(8-6-32)22(35)15-3-1-2-4-15)17-11-28-34(19(17)10-16)23-30-29-21(39-23)20(26)27/h9-11,15,20,23,30-31H,1-8,12-14H2.